The van der Waals surface area contributed by atoms with Crippen LogP contribution in [0.4, 0.5) is 0 Å². The van der Waals surface area contributed by atoms with Crippen LogP contribution in [0.5, 0.6) is 5.75 Å². The number of methoxy groups -OCH3 is 1. The second-order valence-electron chi connectivity index (χ2n) is 6.72. The molecule has 26 heavy (non-hydrogen) atoms. The van der Waals surface area contributed by atoms with Gasteiger partial charge in [0.25, 0.3) is 0 Å². The van der Waals surface area contributed by atoms with Crippen molar-refractivity contribution in [1.29, 1.82) is 0 Å². The summed E-state index contributed by atoms with van der Waals surface area (Å²) in [5.41, 5.74) is 2.47. The lowest BCUT2D eigenvalue weighted by molar-refractivity contribution is 0.132. The molecule has 1 aromatic carbocycles. The van der Waals surface area contributed by atoms with Crippen molar-refractivity contribution < 1.29 is 9.84 Å². The zero-order chi connectivity index (χ0) is 18.1. The van der Waals surface area contributed by atoms with Crippen LogP contribution in [0.2, 0.25) is 5.02 Å². The van der Waals surface area contributed by atoms with Gasteiger partial charge in [-0.3, -0.25) is 4.98 Å². The van der Waals surface area contributed by atoms with E-state index in [4.69, 9.17) is 16.3 Å². The fourth-order valence-electron chi connectivity index (χ4n) is 3.76. The maximum Gasteiger partial charge on any atom is 0.129 e. The molecular formula is C20H20ClN3O2. The average Bonchev–Trinajstić information content (AvgIpc) is 3.07. The first-order chi connectivity index (χ1) is 12.7. The molecule has 0 spiro atoms. The van der Waals surface area contributed by atoms with Gasteiger partial charge in [-0.15, -0.1) is 5.10 Å². The van der Waals surface area contributed by atoms with E-state index in [1.807, 2.05) is 24.4 Å². The van der Waals surface area contributed by atoms with Crippen LogP contribution in [-0.2, 0) is 6.42 Å². The maximum atomic E-state index is 10.2. The van der Waals surface area contributed by atoms with Gasteiger partial charge < -0.3 is 9.84 Å². The number of hydrogen-bond acceptors (Lipinski definition) is 5. The van der Waals surface area contributed by atoms with Crippen LogP contribution >= 0.6 is 11.6 Å². The molecule has 2 atom stereocenters. The highest BCUT2D eigenvalue weighted by atomic mass is 35.5. The van der Waals surface area contributed by atoms with E-state index >= 15 is 0 Å². The van der Waals surface area contributed by atoms with Crippen LogP contribution in [-0.4, -0.2) is 33.5 Å². The Morgan fingerprint density at radius 3 is 2.85 bits per heavy atom. The highest BCUT2D eigenvalue weighted by Crippen LogP contribution is 2.36. The Morgan fingerprint density at radius 2 is 2.08 bits per heavy atom. The van der Waals surface area contributed by atoms with Crippen LogP contribution in [0.25, 0.3) is 22.0 Å². The summed E-state index contributed by atoms with van der Waals surface area (Å²) in [6, 6.07) is 7.43. The molecule has 0 bridgehead atoms. The molecule has 2 aromatic heterocycles. The molecule has 0 amide bonds. The zero-order valence-corrected chi connectivity index (χ0v) is 15.3. The summed E-state index contributed by atoms with van der Waals surface area (Å²) >= 11 is 6.09. The quantitative estimate of drug-likeness (QED) is 0.751. The number of rotatable bonds is 4. The summed E-state index contributed by atoms with van der Waals surface area (Å²) in [6.45, 7) is 0. The van der Waals surface area contributed by atoms with Gasteiger partial charge in [0.15, 0.2) is 0 Å². The van der Waals surface area contributed by atoms with Gasteiger partial charge in [0, 0.05) is 33.8 Å². The molecule has 0 saturated heterocycles. The lowest BCUT2D eigenvalue weighted by Crippen LogP contribution is -2.16. The summed E-state index contributed by atoms with van der Waals surface area (Å²) in [6.07, 6.45) is 7.01. The van der Waals surface area contributed by atoms with E-state index in [2.05, 4.69) is 15.2 Å². The van der Waals surface area contributed by atoms with Crippen molar-refractivity contribution in [3.05, 3.63) is 47.4 Å². The van der Waals surface area contributed by atoms with Crippen molar-refractivity contribution in [3.8, 4) is 17.0 Å². The van der Waals surface area contributed by atoms with Gasteiger partial charge in [-0.25, -0.2) is 0 Å². The van der Waals surface area contributed by atoms with Crippen LogP contribution in [0.1, 0.15) is 25.0 Å². The van der Waals surface area contributed by atoms with E-state index in [9.17, 15) is 5.11 Å². The minimum absolute atomic E-state index is 0.239. The van der Waals surface area contributed by atoms with Crippen LogP contribution in [0.15, 0.2) is 36.7 Å². The van der Waals surface area contributed by atoms with Gasteiger partial charge >= 0.3 is 0 Å². The fraction of sp³-hybridized carbons (Fsp3) is 0.350. The van der Waals surface area contributed by atoms with Crippen molar-refractivity contribution in [2.75, 3.05) is 7.11 Å². The summed E-state index contributed by atoms with van der Waals surface area (Å²) in [5.74, 6) is 0.896. The monoisotopic (exact) mass is 369 g/mol. The van der Waals surface area contributed by atoms with Gasteiger partial charge in [-0.2, -0.15) is 5.10 Å². The third-order valence-electron chi connectivity index (χ3n) is 5.15. The number of hydrogen-bond donors (Lipinski definition) is 1. The SMILES string of the molecule is COc1cc(Cl)ccc1-c1nnc(C[C@H]2CCC[C@@H]2O)c2cnccc12. The standard InChI is InChI=1S/C20H20ClN3O2/c1-26-19-10-13(21)5-6-15(19)20-14-7-8-22-11-16(14)17(23-24-20)9-12-3-2-4-18(12)25/h5-8,10-12,18,25H,2-4,9H2,1H3/t12-,18+/m1/s1. The normalized spacial score (nSPS) is 19.8. The summed E-state index contributed by atoms with van der Waals surface area (Å²) in [5, 5.41) is 21.7. The molecule has 2 heterocycles. The molecule has 1 N–H and O–H groups in total. The second-order valence-corrected chi connectivity index (χ2v) is 7.16. The number of nitrogens with zero attached hydrogens (tertiary/aromatic N) is 3. The molecule has 5 nitrogen and oxygen atoms in total. The largest absolute Gasteiger partial charge is 0.496 e. The minimum atomic E-state index is -0.250. The Hall–Kier alpha value is -2.24. The molecule has 0 radical (unpaired) electrons. The highest BCUT2D eigenvalue weighted by Gasteiger charge is 2.27. The maximum absolute atomic E-state index is 10.2. The van der Waals surface area contributed by atoms with Gasteiger partial charge in [0.2, 0.25) is 0 Å². The van der Waals surface area contributed by atoms with E-state index < -0.39 is 0 Å². The predicted octanol–water partition coefficient (Wildman–Crippen LogP) is 4.06. The number of pyridine rings is 1. The van der Waals surface area contributed by atoms with Crippen LogP contribution in [0, 0.1) is 5.92 Å². The first kappa shape index (κ1) is 17.2. The van der Waals surface area contributed by atoms with Gasteiger partial charge in [0.05, 0.1) is 18.9 Å². The molecule has 1 aliphatic carbocycles. The van der Waals surface area contributed by atoms with Gasteiger partial charge in [-0.05, 0) is 49.4 Å². The number of fused-ring (bicyclic) bond motifs is 1. The molecule has 134 valence electrons. The number of aliphatic hydroxyl groups excluding tert-OH is 1. The molecule has 4 rings (SSSR count). The number of ether oxygens (including phenoxy) is 1. The molecular weight excluding hydrogens is 350 g/mol. The Morgan fingerprint density at radius 1 is 1.19 bits per heavy atom. The van der Waals surface area contributed by atoms with Crippen molar-refractivity contribution in [1.82, 2.24) is 15.2 Å². The smallest absolute Gasteiger partial charge is 0.129 e. The number of aromatic nitrogens is 3. The Kier molecular flexibility index (Phi) is 4.74. The van der Waals surface area contributed by atoms with Crippen molar-refractivity contribution in [3.63, 3.8) is 0 Å². The third-order valence-corrected chi connectivity index (χ3v) is 5.39. The second kappa shape index (κ2) is 7.17. The van der Waals surface area contributed by atoms with Crippen molar-refractivity contribution in [2.45, 2.75) is 31.8 Å². The molecule has 0 unspecified atom stereocenters. The third kappa shape index (κ3) is 3.13. The average molecular weight is 370 g/mol. The van der Waals surface area contributed by atoms with Crippen LogP contribution < -0.4 is 4.74 Å². The Balaban J connectivity index is 1.82. The lowest BCUT2D eigenvalue weighted by Gasteiger charge is -2.16. The summed E-state index contributed by atoms with van der Waals surface area (Å²) in [4.78, 5) is 4.28. The topological polar surface area (TPSA) is 68.1 Å². The van der Waals surface area contributed by atoms with E-state index in [0.29, 0.717) is 17.2 Å². The summed E-state index contributed by atoms with van der Waals surface area (Å²) < 4.78 is 5.48. The van der Waals surface area contributed by atoms with E-state index in [1.54, 1.807) is 19.4 Å². The fourth-order valence-corrected chi connectivity index (χ4v) is 3.93. The highest BCUT2D eigenvalue weighted by molar-refractivity contribution is 6.30. The molecule has 1 aliphatic rings. The number of benzene rings is 1. The summed E-state index contributed by atoms with van der Waals surface area (Å²) in [7, 11) is 1.61. The van der Waals surface area contributed by atoms with E-state index in [0.717, 1.165) is 47.0 Å². The van der Waals surface area contributed by atoms with Crippen LogP contribution in [0.3, 0.4) is 0 Å². The van der Waals surface area contributed by atoms with E-state index in [-0.39, 0.29) is 12.0 Å². The molecule has 0 aliphatic heterocycles. The number of halogens is 1. The Labute approximate surface area is 157 Å². The minimum Gasteiger partial charge on any atom is -0.496 e. The van der Waals surface area contributed by atoms with Gasteiger partial charge in [0.1, 0.15) is 11.4 Å². The molecule has 6 heteroatoms. The van der Waals surface area contributed by atoms with Crippen molar-refractivity contribution >= 4 is 22.4 Å². The van der Waals surface area contributed by atoms with Crippen molar-refractivity contribution in [2.24, 2.45) is 5.92 Å². The predicted molar refractivity (Wildman–Crippen MR) is 101 cm³/mol. The first-order valence-electron chi connectivity index (χ1n) is 8.78. The number of aliphatic hydroxyl groups is 1. The van der Waals surface area contributed by atoms with Gasteiger partial charge in [-0.1, -0.05) is 18.0 Å². The molecule has 1 fully saturated rings. The molecule has 1 saturated carbocycles. The first-order valence-corrected chi connectivity index (χ1v) is 9.16. The Bertz CT molecular complexity index is 947. The lowest BCUT2D eigenvalue weighted by atomic mass is 9.96. The van der Waals surface area contributed by atoms with E-state index in [1.165, 1.54) is 0 Å². The zero-order valence-electron chi connectivity index (χ0n) is 14.5. The molecule has 3 aromatic rings.